The lowest BCUT2D eigenvalue weighted by molar-refractivity contribution is 0.415. The summed E-state index contributed by atoms with van der Waals surface area (Å²) in [6.45, 7) is 0.216. The standard InChI is InChI=1S/C17H16N2O2.ClH/c1-21-14-7-8-15-16(9-14)19(11-12(10-18)17(15)20)13-5-3-2-4-6-13;/h2-9,11H,10,18H2,1H3;1H. The van der Waals surface area contributed by atoms with Crippen molar-refractivity contribution in [2.45, 2.75) is 6.54 Å². The highest BCUT2D eigenvalue weighted by molar-refractivity contribution is 5.85. The van der Waals surface area contributed by atoms with Gasteiger partial charge in [-0.1, -0.05) is 18.2 Å². The van der Waals surface area contributed by atoms with Gasteiger partial charge in [-0.15, -0.1) is 12.4 Å². The summed E-state index contributed by atoms with van der Waals surface area (Å²) in [6.07, 6.45) is 1.80. The molecule has 0 spiro atoms. The van der Waals surface area contributed by atoms with Gasteiger partial charge in [-0.25, -0.2) is 0 Å². The molecule has 1 aromatic heterocycles. The van der Waals surface area contributed by atoms with Crippen LogP contribution < -0.4 is 15.9 Å². The first-order valence-electron chi connectivity index (χ1n) is 6.72. The Morgan fingerprint density at radius 2 is 1.86 bits per heavy atom. The topological polar surface area (TPSA) is 57.2 Å². The molecule has 3 aromatic rings. The predicted molar refractivity (Wildman–Crippen MR) is 91.2 cm³/mol. The second-order valence-electron chi connectivity index (χ2n) is 4.78. The van der Waals surface area contributed by atoms with Crippen LogP contribution >= 0.6 is 12.4 Å². The summed E-state index contributed by atoms with van der Waals surface area (Å²) in [4.78, 5) is 12.4. The number of halogens is 1. The molecule has 0 bridgehead atoms. The van der Waals surface area contributed by atoms with E-state index >= 15 is 0 Å². The Labute approximate surface area is 134 Å². The fourth-order valence-electron chi connectivity index (χ4n) is 2.43. The molecule has 0 aliphatic heterocycles. The number of pyridine rings is 1. The molecule has 0 saturated carbocycles. The summed E-state index contributed by atoms with van der Waals surface area (Å²) >= 11 is 0. The molecule has 5 heteroatoms. The van der Waals surface area contributed by atoms with Gasteiger partial charge >= 0.3 is 0 Å². The highest BCUT2D eigenvalue weighted by atomic mass is 35.5. The Morgan fingerprint density at radius 3 is 2.50 bits per heavy atom. The van der Waals surface area contributed by atoms with Crippen molar-refractivity contribution in [1.29, 1.82) is 0 Å². The van der Waals surface area contributed by atoms with Crippen molar-refractivity contribution >= 4 is 23.3 Å². The Hall–Kier alpha value is -2.30. The third-order valence-electron chi connectivity index (χ3n) is 3.54. The third-order valence-corrected chi connectivity index (χ3v) is 3.54. The molecule has 0 amide bonds. The van der Waals surface area contributed by atoms with Crippen LogP contribution in [0.2, 0.25) is 0 Å². The second kappa shape index (κ2) is 6.64. The number of methoxy groups -OCH3 is 1. The highest BCUT2D eigenvalue weighted by Crippen LogP contribution is 2.22. The summed E-state index contributed by atoms with van der Waals surface area (Å²) in [7, 11) is 1.61. The van der Waals surface area contributed by atoms with Gasteiger partial charge in [-0.3, -0.25) is 4.79 Å². The van der Waals surface area contributed by atoms with E-state index in [1.165, 1.54) is 0 Å². The molecule has 0 atom stereocenters. The van der Waals surface area contributed by atoms with Gasteiger partial charge in [0.2, 0.25) is 0 Å². The summed E-state index contributed by atoms with van der Waals surface area (Å²) in [6, 6.07) is 15.3. The molecule has 2 N–H and O–H groups in total. The molecule has 22 heavy (non-hydrogen) atoms. The average Bonchev–Trinajstić information content (AvgIpc) is 2.55. The highest BCUT2D eigenvalue weighted by Gasteiger charge is 2.10. The first kappa shape index (κ1) is 16.1. The molecule has 0 radical (unpaired) electrons. The summed E-state index contributed by atoms with van der Waals surface area (Å²) in [5.74, 6) is 0.715. The maximum absolute atomic E-state index is 12.4. The maximum atomic E-state index is 12.4. The van der Waals surface area contributed by atoms with E-state index in [9.17, 15) is 4.79 Å². The predicted octanol–water partition coefficient (Wildman–Crippen LogP) is 2.88. The van der Waals surface area contributed by atoms with E-state index in [1.807, 2.05) is 41.0 Å². The van der Waals surface area contributed by atoms with Crippen LogP contribution in [0.3, 0.4) is 0 Å². The van der Waals surface area contributed by atoms with Crippen LogP contribution in [0.4, 0.5) is 0 Å². The normalized spacial score (nSPS) is 10.3. The van der Waals surface area contributed by atoms with Crippen LogP contribution in [-0.4, -0.2) is 11.7 Å². The van der Waals surface area contributed by atoms with Crippen LogP contribution in [0, 0.1) is 0 Å². The zero-order valence-electron chi connectivity index (χ0n) is 12.2. The lowest BCUT2D eigenvalue weighted by Crippen LogP contribution is -2.17. The molecule has 0 saturated heterocycles. The van der Waals surface area contributed by atoms with Gasteiger partial charge in [0, 0.05) is 35.4 Å². The van der Waals surface area contributed by atoms with Crippen LogP contribution in [0.5, 0.6) is 5.75 Å². The third kappa shape index (κ3) is 2.71. The first-order valence-corrected chi connectivity index (χ1v) is 6.72. The molecule has 114 valence electrons. The molecule has 3 rings (SSSR count). The van der Waals surface area contributed by atoms with Gasteiger partial charge < -0.3 is 15.0 Å². The molecule has 2 aromatic carbocycles. The molecule has 1 heterocycles. The largest absolute Gasteiger partial charge is 0.497 e. The van der Waals surface area contributed by atoms with E-state index in [2.05, 4.69) is 0 Å². The van der Waals surface area contributed by atoms with Crippen molar-refractivity contribution in [2.24, 2.45) is 5.73 Å². The lowest BCUT2D eigenvalue weighted by Gasteiger charge is -2.14. The van der Waals surface area contributed by atoms with E-state index in [4.69, 9.17) is 10.5 Å². The number of nitrogens with two attached hydrogens (primary N) is 1. The van der Waals surface area contributed by atoms with E-state index in [1.54, 1.807) is 25.4 Å². The van der Waals surface area contributed by atoms with Crippen molar-refractivity contribution in [3.05, 3.63) is 70.5 Å². The smallest absolute Gasteiger partial charge is 0.193 e. The summed E-state index contributed by atoms with van der Waals surface area (Å²) in [5, 5.41) is 0.641. The van der Waals surface area contributed by atoms with E-state index in [0.717, 1.165) is 11.2 Å². The fraction of sp³-hybridized carbons (Fsp3) is 0.118. The van der Waals surface area contributed by atoms with E-state index in [-0.39, 0.29) is 24.4 Å². The summed E-state index contributed by atoms with van der Waals surface area (Å²) in [5.41, 5.74) is 8.06. The number of ether oxygens (including phenoxy) is 1. The van der Waals surface area contributed by atoms with Crippen LogP contribution in [0.1, 0.15) is 5.56 Å². The second-order valence-corrected chi connectivity index (χ2v) is 4.78. The molecular weight excluding hydrogens is 300 g/mol. The number of hydrogen-bond donors (Lipinski definition) is 1. The number of fused-ring (bicyclic) bond motifs is 1. The van der Waals surface area contributed by atoms with Crippen LogP contribution in [0.25, 0.3) is 16.6 Å². The molecular formula is C17H17ClN2O2. The molecule has 0 aliphatic carbocycles. The van der Waals surface area contributed by atoms with Gasteiger partial charge in [0.1, 0.15) is 5.75 Å². The first-order chi connectivity index (χ1) is 10.2. The van der Waals surface area contributed by atoms with Crippen LogP contribution in [-0.2, 0) is 6.54 Å². The monoisotopic (exact) mass is 316 g/mol. The Morgan fingerprint density at radius 1 is 1.14 bits per heavy atom. The average molecular weight is 317 g/mol. The maximum Gasteiger partial charge on any atom is 0.193 e. The number of nitrogens with zero attached hydrogens (tertiary/aromatic N) is 1. The molecule has 0 aliphatic rings. The van der Waals surface area contributed by atoms with Gasteiger partial charge in [0.25, 0.3) is 0 Å². The van der Waals surface area contributed by atoms with E-state index in [0.29, 0.717) is 16.7 Å². The molecule has 4 nitrogen and oxygen atoms in total. The zero-order valence-corrected chi connectivity index (χ0v) is 13.0. The van der Waals surface area contributed by atoms with Gasteiger partial charge in [0.15, 0.2) is 5.43 Å². The minimum Gasteiger partial charge on any atom is -0.497 e. The molecule has 0 unspecified atom stereocenters. The quantitative estimate of drug-likeness (QED) is 0.808. The SMILES string of the molecule is COc1ccc2c(=O)c(CN)cn(-c3ccccc3)c2c1.Cl. The van der Waals surface area contributed by atoms with Crippen LogP contribution in [0.15, 0.2) is 59.5 Å². The Kier molecular flexibility index (Phi) is 4.85. The fourth-order valence-corrected chi connectivity index (χ4v) is 2.43. The van der Waals surface area contributed by atoms with Gasteiger partial charge in [-0.05, 0) is 24.3 Å². The minimum atomic E-state index is -0.0256. The number of hydrogen-bond acceptors (Lipinski definition) is 3. The van der Waals surface area contributed by atoms with Crippen molar-refractivity contribution in [3.63, 3.8) is 0 Å². The van der Waals surface area contributed by atoms with E-state index < -0.39 is 0 Å². The number of para-hydroxylation sites is 1. The van der Waals surface area contributed by atoms with Crippen molar-refractivity contribution in [3.8, 4) is 11.4 Å². The lowest BCUT2D eigenvalue weighted by atomic mass is 10.1. The van der Waals surface area contributed by atoms with Gasteiger partial charge in [0.05, 0.1) is 12.6 Å². The summed E-state index contributed by atoms with van der Waals surface area (Å²) < 4.78 is 7.24. The molecule has 0 fully saturated rings. The Balaban J connectivity index is 0.00000176. The van der Waals surface area contributed by atoms with Crippen molar-refractivity contribution in [2.75, 3.05) is 7.11 Å². The number of aromatic nitrogens is 1. The van der Waals surface area contributed by atoms with Gasteiger partial charge in [-0.2, -0.15) is 0 Å². The zero-order chi connectivity index (χ0) is 14.8. The minimum absolute atomic E-state index is 0. The number of rotatable bonds is 3. The number of benzene rings is 2. The Bertz CT molecular complexity index is 844. The van der Waals surface area contributed by atoms with Crippen molar-refractivity contribution in [1.82, 2.24) is 4.57 Å². The van der Waals surface area contributed by atoms with Crippen molar-refractivity contribution < 1.29 is 4.74 Å².